The van der Waals surface area contributed by atoms with Gasteiger partial charge in [0.1, 0.15) is 0 Å². The van der Waals surface area contributed by atoms with Crippen molar-refractivity contribution < 1.29 is 9.53 Å². The van der Waals surface area contributed by atoms with E-state index in [1.165, 1.54) is 7.11 Å². The summed E-state index contributed by atoms with van der Waals surface area (Å²) in [5.41, 5.74) is 7.61. The molecule has 1 aromatic rings. The van der Waals surface area contributed by atoms with Crippen molar-refractivity contribution in [3.63, 3.8) is 0 Å². The van der Waals surface area contributed by atoms with Gasteiger partial charge in [0, 0.05) is 18.2 Å². The Morgan fingerprint density at radius 1 is 1.79 bits per heavy atom. The fraction of sp³-hybridized carbons (Fsp3) is 0.556. The number of nitrogens with two attached hydrogens (primary N) is 1. The van der Waals surface area contributed by atoms with E-state index < -0.39 is 0 Å². The Labute approximate surface area is 82.7 Å². The molecule has 0 bridgehead atoms. The Kier molecular flexibility index (Phi) is 3.64. The summed E-state index contributed by atoms with van der Waals surface area (Å²) < 4.78 is 4.53. The fourth-order valence-corrected chi connectivity index (χ4v) is 1.26. The van der Waals surface area contributed by atoms with E-state index in [9.17, 15) is 4.79 Å². The van der Waals surface area contributed by atoms with Crippen LogP contribution in [0.1, 0.15) is 30.3 Å². The van der Waals surface area contributed by atoms with Gasteiger partial charge in [0.15, 0.2) is 0 Å². The molecule has 1 rings (SSSR count). The number of imidazole rings is 1. The molecule has 0 aliphatic heterocycles. The summed E-state index contributed by atoms with van der Waals surface area (Å²) in [5, 5.41) is 0. The number of ether oxygens (including phenoxy) is 1. The molecule has 0 saturated heterocycles. The zero-order valence-corrected chi connectivity index (χ0v) is 8.41. The minimum atomic E-state index is -0.242. The molecule has 0 saturated carbocycles. The van der Waals surface area contributed by atoms with E-state index in [1.54, 1.807) is 6.33 Å². The first-order valence-electron chi connectivity index (χ1n) is 4.47. The van der Waals surface area contributed by atoms with Crippen molar-refractivity contribution in [2.24, 2.45) is 5.73 Å². The predicted molar refractivity (Wildman–Crippen MR) is 51.5 cm³/mol. The first-order valence-corrected chi connectivity index (χ1v) is 4.47. The molecule has 14 heavy (non-hydrogen) atoms. The van der Waals surface area contributed by atoms with Crippen LogP contribution >= 0.6 is 0 Å². The lowest BCUT2D eigenvalue weighted by Crippen LogP contribution is -2.14. The van der Waals surface area contributed by atoms with Gasteiger partial charge in [-0.15, -0.1) is 0 Å². The number of esters is 1. The Morgan fingerprint density at radius 2 is 2.50 bits per heavy atom. The summed E-state index contributed by atoms with van der Waals surface area (Å²) in [5.74, 6) is -0.242. The van der Waals surface area contributed by atoms with Crippen molar-refractivity contribution in [3.05, 3.63) is 17.7 Å². The summed E-state index contributed by atoms with van der Waals surface area (Å²) in [6, 6.07) is -0.208. The molecule has 1 aromatic heterocycles. The maximum atomic E-state index is 10.9. The number of aromatic nitrogens is 2. The van der Waals surface area contributed by atoms with Crippen LogP contribution < -0.4 is 5.73 Å². The third-order valence-electron chi connectivity index (χ3n) is 2.11. The molecule has 1 unspecified atom stereocenters. The molecular formula is C9H15N3O2. The number of aryl methyl sites for hydroxylation is 1. The third-order valence-corrected chi connectivity index (χ3v) is 2.11. The van der Waals surface area contributed by atoms with Gasteiger partial charge in [-0.3, -0.25) is 4.79 Å². The largest absolute Gasteiger partial charge is 0.469 e. The molecule has 0 aliphatic carbocycles. The molecule has 0 radical (unpaired) electrons. The van der Waals surface area contributed by atoms with Crippen LogP contribution in [0, 0.1) is 6.92 Å². The van der Waals surface area contributed by atoms with Crippen LogP contribution in [0.15, 0.2) is 6.33 Å². The van der Waals surface area contributed by atoms with Crippen molar-refractivity contribution in [2.75, 3.05) is 7.11 Å². The number of H-pyrrole nitrogens is 1. The van der Waals surface area contributed by atoms with E-state index in [1.807, 2.05) is 6.92 Å². The molecule has 0 aromatic carbocycles. The van der Waals surface area contributed by atoms with Crippen LogP contribution in [0.5, 0.6) is 0 Å². The number of carbonyl (C=O) groups is 1. The van der Waals surface area contributed by atoms with Crippen LogP contribution in [0.25, 0.3) is 0 Å². The molecule has 0 spiro atoms. The molecular weight excluding hydrogens is 182 g/mol. The van der Waals surface area contributed by atoms with Crippen LogP contribution in [-0.2, 0) is 9.53 Å². The zero-order chi connectivity index (χ0) is 10.6. The molecule has 78 valence electrons. The van der Waals surface area contributed by atoms with Crippen LogP contribution in [0.2, 0.25) is 0 Å². The molecule has 1 atom stereocenters. The van der Waals surface area contributed by atoms with Crippen LogP contribution in [0.4, 0.5) is 0 Å². The van der Waals surface area contributed by atoms with Crippen molar-refractivity contribution in [2.45, 2.75) is 25.8 Å². The number of hydrogen-bond acceptors (Lipinski definition) is 4. The van der Waals surface area contributed by atoms with E-state index in [-0.39, 0.29) is 12.0 Å². The standard InChI is InChI=1S/C9H15N3O2/c1-6-9(12-5-11-6)7(10)3-4-8(13)14-2/h5,7H,3-4,10H2,1-2H3,(H,11,12). The molecule has 0 amide bonds. The highest BCUT2D eigenvalue weighted by atomic mass is 16.5. The number of nitrogens with zero attached hydrogens (tertiary/aromatic N) is 1. The number of nitrogens with one attached hydrogen (secondary N) is 1. The maximum Gasteiger partial charge on any atom is 0.305 e. The van der Waals surface area contributed by atoms with Gasteiger partial charge in [-0.2, -0.15) is 0 Å². The van der Waals surface area contributed by atoms with Gasteiger partial charge in [-0.1, -0.05) is 0 Å². The Balaban J connectivity index is 2.47. The van der Waals surface area contributed by atoms with Crippen LogP contribution in [-0.4, -0.2) is 23.0 Å². The minimum Gasteiger partial charge on any atom is -0.469 e. The van der Waals surface area contributed by atoms with Gasteiger partial charge < -0.3 is 15.5 Å². The van der Waals surface area contributed by atoms with Crippen molar-refractivity contribution in [3.8, 4) is 0 Å². The molecule has 5 heteroatoms. The van der Waals surface area contributed by atoms with Crippen molar-refractivity contribution >= 4 is 5.97 Å². The first-order chi connectivity index (χ1) is 6.65. The fourth-order valence-electron chi connectivity index (χ4n) is 1.26. The Hall–Kier alpha value is -1.36. The number of rotatable bonds is 4. The minimum absolute atomic E-state index is 0.208. The van der Waals surface area contributed by atoms with Gasteiger partial charge in [0.2, 0.25) is 0 Å². The molecule has 5 nitrogen and oxygen atoms in total. The topological polar surface area (TPSA) is 81.0 Å². The second kappa shape index (κ2) is 4.76. The summed E-state index contributed by atoms with van der Waals surface area (Å²) in [6.07, 6.45) is 2.48. The molecule has 0 aliphatic rings. The van der Waals surface area contributed by atoms with Crippen molar-refractivity contribution in [1.29, 1.82) is 0 Å². The monoisotopic (exact) mass is 197 g/mol. The van der Waals surface area contributed by atoms with E-state index in [2.05, 4.69) is 14.7 Å². The average Bonchev–Trinajstić information content (AvgIpc) is 2.60. The number of methoxy groups -OCH3 is 1. The highest BCUT2D eigenvalue weighted by Gasteiger charge is 2.13. The zero-order valence-electron chi connectivity index (χ0n) is 8.41. The summed E-state index contributed by atoms with van der Waals surface area (Å²) >= 11 is 0. The lowest BCUT2D eigenvalue weighted by molar-refractivity contribution is -0.140. The summed E-state index contributed by atoms with van der Waals surface area (Å²) in [4.78, 5) is 17.9. The average molecular weight is 197 g/mol. The third kappa shape index (κ3) is 2.56. The number of aromatic amines is 1. The second-order valence-corrected chi connectivity index (χ2v) is 3.13. The van der Waals surface area contributed by atoms with E-state index >= 15 is 0 Å². The summed E-state index contributed by atoms with van der Waals surface area (Å²) in [6.45, 7) is 1.90. The highest BCUT2D eigenvalue weighted by molar-refractivity contribution is 5.69. The second-order valence-electron chi connectivity index (χ2n) is 3.13. The highest BCUT2D eigenvalue weighted by Crippen LogP contribution is 2.15. The molecule has 1 heterocycles. The van der Waals surface area contributed by atoms with Gasteiger partial charge in [-0.05, 0) is 13.3 Å². The van der Waals surface area contributed by atoms with Crippen molar-refractivity contribution in [1.82, 2.24) is 9.97 Å². The predicted octanol–water partition coefficient (Wildman–Crippen LogP) is 0.671. The normalized spacial score (nSPS) is 12.5. The lowest BCUT2D eigenvalue weighted by Gasteiger charge is -2.08. The van der Waals surface area contributed by atoms with Gasteiger partial charge in [0.05, 0.1) is 19.1 Å². The number of carbonyl (C=O) groups excluding carboxylic acids is 1. The Morgan fingerprint density at radius 3 is 3.00 bits per heavy atom. The van der Waals surface area contributed by atoms with E-state index in [0.717, 1.165) is 11.4 Å². The van der Waals surface area contributed by atoms with Crippen LogP contribution in [0.3, 0.4) is 0 Å². The lowest BCUT2D eigenvalue weighted by atomic mass is 10.1. The number of hydrogen-bond donors (Lipinski definition) is 2. The SMILES string of the molecule is COC(=O)CCC(N)c1nc[nH]c1C. The summed E-state index contributed by atoms with van der Waals surface area (Å²) in [7, 11) is 1.37. The van der Waals surface area contributed by atoms with E-state index in [4.69, 9.17) is 5.73 Å². The molecule has 3 N–H and O–H groups in total. The van der Waals surface area contributed by atoms with Gasteiger partial charge in [-0.25, -0.2) is 4.98 Å². The quantitative estimate of drug-likeness (QED) is 0.695. The smallest absolute Gasteiger partial charge is 0.305 e. The maximum absolute atomic E-state index is 10.9. The van der Waals surface area contributed by atoms with Gasteiger partial charge >= 0.3 is 5.97 Å². The molecule has 0 fully saturated rings. The van der Waals surface area contributed by atoms with Gasteiger partial charge in [0.25, 0.3) is 0 Å². The van der Waals surface area contributed by atoms with E-state index in [0.29, 0.717) is 12.8 Å². The first kappa shape index (κ1) is 10.7. The Bertz CT molecular complexity index is 309.